The number of ether oxygens (including phenoxy) is 3. The molecule has 0 amide bonds. The summed E-state index contributed by atoms with van der Waals surface area (Å²) in [5, 5.41) is 20.1. The summed E-state index contributed by atoms with van der Waals surface area (Å²) in [5.41, 5.74) is 0.244. The van der Waals surface area contributed by atoms with Crippen LogP contribution in [-0.2, 0) is 14.2 Å². The number of fused-ring (bicyclic) bond motifs is 1. The van der Waals surface area contributed by atoms with Gasteiger partial charge in [-0.3, -0.25) is 4.98 Å². The van der Waals surface area contributed by atoms with Crippen LogP contribution < -0.4 is 0 Å². The lowest BCUT2D eigenvalue weighted by atomic mass is 10.1. The quantitative estimate of drug-likeness (QED) is 0.460. The van der Waals surface area contributed by atoms with Crippen molar-refractivity contribution in [1.82, 2.24) is 4.98 Å². The predicted molar refractivity (Wildman–Crippen MR) is 76.5 cm³/mol. The van der Waals surface area contributed by atoms with Crippen molar-refractivity contribution in [3.8, 4) is 0 Å². The molecule has 3 rings (SSSR count). The lowest BCUT2D eigenvalue weighted by molar-refractivity contribution is -0.211. The summed E-state index contributed by atoms with van der Waals surface area (Å²) < 4.78 is 15.8. The monoisotopic (exact) mass is 327 g/mol. The van der Waals surface area contributed by atoms with Gasteiger partial charge in [0.05, 0.1) is 12.2 Å². The van der Waals surface area contributed by atoms with Crippen LogP contribution in [0.15, 0.2) is 23.4 Å². The van der Waals surface area contributed by atoms with Gasteiger partial charge in [-0.2, -0.15) is 0 Å². The molecule has 0 aliphatic carbocycles. The van der Waals surface area contributed by atoms with Crippen LogP contribution in [0.2, 0.25) is 0 Å². The highest BCUT2D eigenvalue weighted by molar-refractivity contribution is 7.99. The summed E-state index contributed by atoms with van der Waals surface area (Å²) >= 11 is 1.55. The van der Waals surface area contributed by atoms with Gasteiger partial charge in [-0.05, 0) is 11.8 Å². The molecule has 2 saturated heterocycles. The van der Waals surface area contributed by atoms with E-state index in [1.807, 2.05) is 6.92 Å². The smallest absolute Gasteiger partial charge is 0.342 e. The maximum Gasteiger partial charge on any atom is 0.342 e. The van der Waals surface area contributed by atoms with Crippen LogP contribution in [0.25, 0.3) is 0 Å². The van der Waals surface area contributed by atoms with E-state index in [0.717, 1.165) is 10.6 Å². The van der Waals surface area contributed by atoms with Gasteiger partial charge in [0.2, 0.25) is 0 Å². The molecule has 2 aliphatic rings. The summed E-state index contributed by atoms with van der Waals surface area (Å²) in [7, 11) is 0. The van der Waals surface area contributed by atoms with Crippen LogP contribution in [0.5, 0.6) is 0 Å². The molecule has 7 nitrogen and oxygen atoms in total. The van der Waals surface area contributed by atoms with Crippen LogP contribution in [0.4, 0.5) is 0 Å². The minimum Gasteiger partial charge on any atom is -0.424 e. The Hall–Kier alpha value is -1.19. The van der Waals surface area contributed by atoms with Gasteiger partial charge in [0.15, 0.2) is 6.10 Å². The highest BCUT2D eigenvalue weighted by atomic mass is 32.2. The summed E-state index contributed by atoms with van der Waals surface area (Å²) in [4.78, 5) is 17.1. The zero-order chi connectivity index (χ0) is 15.7. The van der Waals surface area contributed by atoms with Crippen LogP contribution in [0, 0.1) is 0 Å². The molecule has 0 radical (unpaired) electrons. The van der Waals surface area contributed by atoms with Gasteiger partial charge < -0.3 is 24.4 Å². The molecule has 0 spiro atoms. The standard InChI is InChI=1S/C14H17NO6S/c1-2-22-9-3-8(4-15-5-9)13(17)21-14(18)7-20-11-10(16)6-19-12(11)14/h3-5,10-12,16,18H,2,6-7H2,1H3/t10-,11-,12+,14+/m1/s1. The Morgan fingerprint density at radius 1 is 1.55 bits per heavy atom. The van der Waals surface area contributed by atoms with Crippen molar-refractivity contribution in [2.75, 3.05) is 19.0 Å². The summed E-state index contributed by atoms with van der Waals surface area (Å²) in [6, 6.07) is 1.66. The number of esters is 1. The number of carbonyl (C=O) groups is 1. The average molecular weight is 327 g/mol. The molecular formula is C14H17NO6S. The minimum absolute atomic E-state index is 0.0410. The fourth-order valence-electron chi connectivity index (χ4n) is 2.56. The van der Waals surface area contributed by atoms with E-state index in [2.05, 4.69) is 4.98 Å². The number of rotatable bonds is 4. The zero-order valence-corrected chi connectivity index (χ0v) is 12.8. The molecule has 1 aromatic rings. The lowest BCUT2D eigenvalue weighted by Crippen LogP contribution is -2.47. The van der Waals surface area contributed by atoms with E-state index in [1.54, 1.807) is 24.0 Å². The van der Waals surface area contributed by atoms with Crippen LogP contribution >= 0.6 is 11.8 Å². The van der Waals surface area contributed by atoms with Gasteiger partial charge in [0.1, 0.15) is 18.8 Å². The molecular weight excluding hydrogens is 310 g/mol. The fourth-order valence-corrected chi connectivity index (χ4v) is 3.24. The Bertz CT molecular complexity index is 570. The summed E-state index contributed by atoms with van der Waals surface area (Å²) in [6.07, 6.45) is 0.641. The molecule has 8 heteroatoms. The van der Waals surface area contributed by atoms with Crippen molar-refractivity contribution in [2.45, 2.75) is 35.9 Å². The highest BCUT2D eigenvalue weighted by Gasteiger charge is 2.58. The van der Waals surface area contributed by atoms with Gasteiger partial charge in [0, 0.05) is 17.3 Å². The van der Waals surface area contributed by atoms with E-state index in [-0.39, 0.29) is 18.8 Å². The number of thioether (sulfide) groups is 1. The van der Waals surface area contributed by atoms with Gasteiger partial charge in [0.25, 0.3) is 5.79 Å². The summed E-state index contributed by atoms with van der Waals surface area (Å²) in [5.74, 6) is -1.75. The number of aromatic nitrogens is 1. The first-order chi connectivity index (χ1) is 10.5. The van der Waals surface area contributed by atoms with Crippen LogP contribution in [0.3, 0.4) is 0 Å². The zero-order valence-electron chi connectivity index (χ0n) is 12.0. The fraction of sp³-hybridized carbons (Fsp3) is 0.571. The topological polar surface area (TPSA) is 98.1 Å². The van der Waals surface area contributed by atoms with Crippen molar-refractivity contribution in [3.05, 3.63) is 24.0 Å². The Balaban J connectivity index is 1.73. The third kappa shape index (κ3) is 2.84. The SMILES string of the molecule is CCSc1cncc(C(=O)O[C@@]2(O)CO[C@@H]3[C@H](O)CO[C@@H]32)c1. The number of nitrogens with zero attached hydrogens (tertiary/aromatic N) is 1. The maximum atomic E-state index is 12.2. The van der Waals surface area contributed by atoms with E-state index in [1.165, 1.54) is 6.20 Å². The van der Waals surface area contributed by atoms with E-state index in [9.17, 15) is 15.0 Å². The molecule has 4 atom stereocenters. The molecule has 0 unspecified atom stereocenters. The molecule has 2 N–H and O–H groups in total. The molecule has 0 bridgehead atoms. The molecule has 0 saturated carbocycles. The Morgan fingerprint density at radius 2 is 2.36 bits per heavy atom. The third-order valence-electron chi connectivity index (χ3n) is 3.58. The number of carbonyl (C=O) groups excluding carboxylic acids is 1. The lowest BCUT2D eigenvalue weighted by Gasteiger charge is -2.26. The molecule has 0 aromatic carbocycles. The first kappa shape index (κ1) is 15.7. The minimum atomic E-state index is -1.90. The molecule has 3 heterocycles. The van der Waals surface area contributed by atoms with Gasteiger partial charge in [-0.15, -0.1) is 11.8 Å². The predicted octanol–water partition coefficient (Wildman–Crippen LogP) is 0.197. The molecule has 2 fully saturated rings. The van der Waals surface area contributed by atoms with Gasteiger partial charge >= 0.3 is 5.97 Å². The number of aliphatic hydroxyl groups is 2. The summed E-state index contributed by atoms with van der Waals surface area (Å²) in [6.45, 7) is 1.80. The molecule has 2 aliphatic heterocycles. The number of hydrogen-bond donors (Lipinski definition) is 2. The Labute approximate surface area is 131 Å². The second-order valence-electron chi connectivity index (χ2n) is 5.17. The number of aliphatic hydroxyl groups excluding tert-OH is 1. The Kier molecular flexibility index (Phi) is 4.37. The first-order valence-electron chi connectivity index (χ1n) is 6.98. The van der Waals surface area contributed by atoms with E-state index < -0.39 is 30.1 Å². The average Bonchev–Trinajstić information content (AvgIpc) is 3.02. The maximum absolute atomic E-state index is 12.2. The van der Waals surface area contributed by atoms with E-state index in [4.69, 9.17) is 14.2 Å². The molecule has 120 valence electrons. The van der Waals surface area contributed by atoms with Gasteiger partial charge in [-0.25, -0.2) is 4.79 Å². The largest absolute Gasteiger partial charge is 0.424 e. The van der Waals surface area contributed by atoms with Crippen molar-refractivity contribution >= 4 is 17.7 Å². The van der Waals surface area contributed by atoms with E-state index >= 15 is 0 Å². The Morgan fingerprint density at radius 3 is 3.14 bits per heavy atom. The molecule has 1 aromatic heterocycles. The number of hydrogen-bond acceptors (Lipinski definition) is 8. The van der Waals surface area contributed by atoms with Crippen molar-refractivity contribution in [2.24, 2.45) is 0 Å². The van der Waals surface area contributed by atoms with Gasteiger partial charge in [-0.1, -0.05) is 6.92 Å². The highest BCUT2D eigenvalue weighted by Crippen LogP contribution is 2.35. The normalized spacial score (nSPS) is 33.7. The van der Waals surface area contributed by atoms with E-state index in [0.29, 0.717) is 0 Å². The third-order valence-corrected chi connectivity index (χ3v) is 4.43. The van der Waals surface area contributed by atoms with Crippen molar-refractivity contribution in [3.63, 3.8) is 0 Å². The first-order valence-corrected chi connectivity index (χ1v) is 7.97. The van der Waals surface area contributed by atoms with Crippen molar-refractivity contribution < 1.29 is 29.2 Å². The van der Waals surface area contributed by atoms with Crippen LogP contribution in [-0.4, -0.2) is 64.2 Å². The second kappa shape index (κ2) is 6.13. The number of pyridine rings is 1. The van der Waals surface area contributed by atoms with Crippen LogP contribution in [0.1, 0.15) is 17.3 Å². The second-order valence-corrected chi connectivity index (χ2v) is 6.51. The van der Waals surface area contributed by atoms with Crippen molar-refractivity contribution in [1.29, 1.82) is 0 Å². The molecule has 22 heavy (non-hydrogen) atoms.